The second-order valence-electron chi connectivity index (χ2n) is 7.21. The monoisotopic (exact) mass is 526 g/mol. The molecule has 0 aromatic heterocycles. The van der Waals surface area contributed by atoms with Crippen molar-refractivity contribution >= 4 is 29.9 Å². The summed E-state index contributed by atoms with van der Waals surface area (Å²) >= 11 is 0. The van der Waals surface area contributed by atoms with Crippen LogP contribution in [0.1, 0.15) is 32.3 Å². The predicted octanol–water partition coefficient (Wildman–Crippen LogP) is 3.70. The van der Waals surface area contributed by atoms with E-state index in [1.807, 2.05) is 0 Å². The molecule has 9 heteroatoms. The Morgan fingerprint density at radius 2 is 1.90 bits per heavy atom. The molecule has 1 aliphatic rings. The molecule has 1 aliphatic heterocycles. The highest BCUT2D eigenvalue weighted by Gasteiger charge is 2.24. The Labute approximate surface area is 189 Å². The molecule has 1 aromatic carbocycles. The van der Waals surface area contributed by atoms with Crippen LogP contribution in [0.3, 0.4) is 0 Å². The minimum Gasteiger partial charge on any atom is -0.497 e. The fourth-order valence-corrected chi connectivity index (χ4v) is 3.49. The Balaban J connectivity index is 0.00000420. The molecule has 1 atom stereocenters. The summed E-state index contributed by atoms with van der Waals surface area (Å²) in [6.07, 6.45) is 2.50. The summed E-state index contributed by atoms with van der Waals surface area (Å²) in [6.45, 7) is 4.90. The average Bonchev–Trinajstić information content (AvgIpc) is 3.19. The number of aliphatic imine (C=N–C) groups is 1. The fourth-order valence-electron chi connectivity index (χ4n) is 3.49. The first-order valence-electron chi connectivity index (χ1n) is 9.75. The second kappa shape index (κ2) is 13.0. The quantitative estimate of drug-likeness (QED) is 0.292. The maximum Gasteiger partial charge on any atom is 0.387 e. The Kier molecular flexibility index (Phi) is 11.6. The fraction of sp³-hybridized carbons (Fsp3) is 0.650. The summed E-state index contributed by atoms with van der Waals surface area (Å²) in [5, 5.41) is 6.54. The lowest BCUT2D eigenvalue weighted by molar-refractivity contribution is -0.0504. The molecule has 2 rings (SSSR count). The lowest BCUT2D eigenvalue weighted by Gasteiger charge is -2.31. The van der Waals surface area contributed by atoms with E-state index in [0.717, 1.165) is 19.6 Å². The van der Waals surface area contributed by atoms with Gasteiger partial charge in [0.25, 0.3) is 0 Å². The summed E-state index contributed by atoms with van der Waals surface area (Å²) in [5.74, 6) is 1.84. The van der Waals surface area contributed by atoms with Crippen LogP contribution in [0.15, 0.2) is 23.2 Å². The molecule has 166 valence electrons. The van der Waals surface area contributed by atoms with Gasteiger partial charge in [-0.15, -0.1) is 24.0 Å². The number of rotatable bonds is 9. The molecule has 1 fully saturated rings. The Hall–Kier alpha value is -1.36. The SMILES string of the molecule is CN=C(NCc1cc(OC)ccc1OC(F)F)NCC(C(C)C)N1CCCC1.I. The summed E-state index contributed by atoms with van der Waals surface area (Å²) in [4.78, 5) is 6.77. The number of alkyl halides is 2. The minimum atomic E-state index is -2.88. The van der Waals surface area contributed by atoms with Gasteiger partial charge in [-0.1, -0.05) is 13.8 Å². The Morgan fingerprint density at radius 1 is 1.21 bits per heavy atom. The van der Waals surface area contributed by atoms with Crippen molar-refractivity contribution in [2.45, 2.75) is 45.9 Å². The Morgan fingerprint density at radius 3 is 2.45 bits per heavy atom. The molecule has 1 heterocycles. The highest BCUT2D eigenvalue weighted by Crippen LogP contribution is 2.25. The largest absolute Gasteiger partial charge is 0.497 e. The highest BCUT2D eigenvalue weighted by atomic mass is 127. The second-order valence-corrected chi connectivity index (χ2v) is 7.21. The molecule has 0 saturated carbocycles. The first kappa shape index (κ1) is 25.7. The number of likely N-dealkylation sites (tertiary alicyclic amines) is 1. The van der Waals surface area contributed by atoms with Gasteiger partial charge in [0, 0.05) is 31.7 Å². The van der Waals surface area contributed by atoms with Gasteiger partial charge in [-0.3, -0.25) is 9.89 Å². The van der Waals surface area contributed by atoms with Crippen molar-refractivity contribution in [2.75, 3.05) is 33.8 Å². The molecule has 1 saturated heterocycles. The van der Waals surface area contributed by atoms with Crippen LogP contribution in [0.2, 0.25) is 0 Å². The Bertz CT molecular complexity index is 641. The molecular weight excluding hydrogens is 493 g/mol. The first-order valence-corrected chi connectivity index (χ1v) is 9.75. The molecule has 29 heavy (non-hydrogen) atoms. The highest BCUT2D eigenvalue weighted by molar-refractivity contribution is 14.0. The molecular formula is C20H33F2IN4O2. The van der Waals surface area contributed by atoms with E-state index in [1.165, 1.54) is 26.0 Å². The van der Waals surface area contributed by atoms with Crippen LogP contribution in [-0.2, 0) is 6.54 Å². The number of ether oxygens (including phenoxy) is 2. The third kappa shape index (κ3) is 8.12. The molecule has 0 aliphatic carbocycles. The molecule has 1 unspecified atom stereocenters. The van der Waals surface area contributed by atoms with E-state index in [9.17, 15) is 8.78 Å². The average molecular weight is 526 g/mol. The van der Waals surface area contributed by atoms with E-state index in [2.05, 4.69) is 39.1 Å². The van der Waals surface area contributed by atoms with Crippen LogP contribution < -0.4 is 20.1 Å². The van der Waals surface area contributed by atoms with Gasteiger partial charge in [0.15, 0.2) is 5.96 Å². The zero-order chi connectivity index (χ0) is 20.5. The van der Waals surface area contributed by atoms with Gasteiger partial charge in [0.05, 0.1) is 7.11 Å². The summed E-state index contributed by atoms with van der Waals surface area (Å²) in [5.41, 5.74) is 0.572. The molecule has 6 nitrogen and oxygen atoms in total. The van der Waals surface area contributed by atoms with E-state index in [0.29, 0.717) is 29.2 Å². The number of nitrogens with one attached hydrogen (secondary N) is 2. The number of benzene rings is 1. The van der Waals surface area contributed by atoms with E-state index >= 15 is 0 Å². The van der Waals surface area contributed by atoms with Crippen LogP contribution in [0.5, 0.6) is 11.5 Å². The molecule has 2 N–H and O–H groups in total. The van der Waals surface area contributed by atoms with Crippen molar-refractivity contribution in [3.63, 3.8) is 0 Å². The van der Waals surface area contributed by atoms with E-state index in [-0.39, 0.29) is 36.3 Å². The number of halogens is 3. The van der Waals surface area contributed by atoms with E-state index in [4.69, 9.17) is 4.74 Å². The number of hydrogen-bond donors (Lipinski definition) is 2. The maximum atomic E-state index is 12.7. The number of guanidine groups is 1. The van der Waals surface area contributed by atoms with Gasteiger partial charge in [0.1, 0.15) is 11.5 Å². The van der Waals surface area contributed by atoms with E-state index in [1.54, 1.807) is 19.2 Å². The lowest BCUT2D eigenvalue weighted by Crippen LogP contribution is -2.48. The van der Waals surface area contributed by atoms with Gasteiger partial charge in [-0.25, -0.2) is 0 Å². The van der Waals surface area contributed by atoms with Crippen LogP contribution in [0.25, 0.3) is 0 Å². The predicted molar refractivity (Wildman–Crippen MR) is 123 cm³/mol. The number of hydrogen-bond acceptors (Lipinski definition) is 4. The molecule has 0 bridgehead atoms. The van der Waals surface area contributed by atoms with Crippen molar-refractivity contribution in [3.8, 4) is 11.5 Å². The van der Waals surface area contributed by atoms with Gasteiger partial charge < -0.3 is 20.1 Å². The molecule has 0 radical (unpaired) electrons. The maximum absolute atomic E-state index is 12.7. The molecule has 0 spiro atoms. The summed E-state index contributed by atoms with van der Waals surface area (Å²) in [7, 11) is 3.22. The van der Waals surface area contributed by atoms with Crippen LogP contribution in [0.4, 0.5) is 8.78 Å². The van der Waals surface area contributed by atoms with E-state index < -0.39 is 6.61 Å². The van der Waals surface area contributed by atoms with Crippen molar-refractivity contribution in [2.24, 2.45) is 10.9 Å². The van der Waals surface area contributed by atoms with Crippen molar-refractivity contribution in [3.05, 3.63) is 23.8 Å². The third-order valence-corrected chi connectivity index (χ3v) is 5.01. The van der Waals surface area contributed by atoms with Crippen molar-refractivity contribution < 1.29 is 18.3 Å². The summed E-state index contributed by atoms with van der Waals surface area (Å²) < 4.78 is 35.1. The van der Waals surface area contributed by atoms with Crippen molar-refractivity contribution in [1.82, 2.24) is 15.5 Å². The van der Waals surface area contributed by atoms with Crippen molar-refractivity contribution in [1.29, 1.82) is 0 Å². The standard InChI is InChI=1S/C20H32F2N4O2.HI/c1-14(2)17(26-9-5-6-10-26)13-25-20(23-3)24-12-15-11-16(27-4)7-8-18(15)28-19(21)22;/h7-8,11,14,17,19H,5-6,9-10,12-13H2,1-4H3,(H2,23,24,25);1H. The van der Waals surface area contributed by atoms with Crippen LogP contribution in [0, 0.1) is 5.92 Å². The summed E-state index contributed by atoms with van der Waals surface area (Å²) in [6, 6.07) is 5.19. The van der Waals surface area contributed by atoms with Gasteiger partial charge in [-0.2, -0.15) is 8.78 Å². The third-order valence-electron chi connectivity index (χ3n) is 5.01. The zero-order valence-electron chi connectivity index (χ0n) is 17.6. The lowest BCUT2D eigenvalue weighted by atomic mass is 10.0. The number of nitrogens with zero attached hydrogens (tertiary/aromatic N) is 2. The topological polar surface area (TPSA) is 58.1 Å². The van der Waals surface area contributed by atoms with Crippen LogP contribution >= 0.6 is 24.0 Å². The van der Waals surface area contributed by atoms with Gasteiger partial charge in [0.2, 0.25) is 0 Å². The number of methoxy groups -OCH3 is 1. The normalized spacial score (nSPS) is 15.9. The minimum absolute atomic E-state index is 0. The first-order chi connectivity index (χ1) is 13.4. The van der Waals surface area contributed by atoms with Gasteiger partial charge >= 0.3 is 6.61 Å². The zero-order valence-corrected chi connectivity index (χ0v) is 19.9. The molecule has 1 aromatic rings. The van der Waals surface area contributed by atoms with Gasteiger partial charge in [-0.05, 0) is 50.0 Å². The smallest absolute Gasteiger partial charge is 0.387 e. The molecule has 0 amide bonds. The van der Waals surface area contributed by atoms with Crippen LogP contribution in [-0.4, -0.2) is 57.3 Å².